The van der Waals surface area contributed by atoms with Gasteiger partial charge in [0.15, 0.2) is 0 Å². The van der Waals surface area contributed by atoms with Crippen molar-refractivity contribution in [1.29, 1.82) is 0 Å². The zero-order valence-electron chi connectivity index (χ0n) is 18.8. The van der Waals surface area contributed by atoms with Gasteiger partial charge in [-0.3, -0.25) is 4.98 Å². The fourth-order valence-electron chi connectivity index (χ4n) is 4.82. The maximum Gasteiger partial charge on any atom is 0.337 e. The lowest BCUT2D eigenvalue weighted by Crippen LogP contribution is -2.26. The SMILES string of the molecule is CC1(C)C=C(N)C(c2cccc3cccc(-c4cnc5ccccc5c4)c23)=C(C(=O)O)C1=C=O. The van der Waals surface area contributed by atoms with Crippen molar-refractivity contribution in [1.82, 2.24) is 4.98 Å². The van der Waals surface area contributed by atoms with Crippen LogP contribution in [0.5, 0.6) is 0 Å². The molecular weight excluding hydrogens is 424 g/mol. The standard InChI is InChI=1S/C29H22N2O3/c1-29(2)14-23(30)26(27(28(33)34)22(29)16-32)21-11-6-9-17-8-5-10-20(25(17)21)19-13-18-7-3-4-12-24(18)31-15-19/h3-15H,30H2,1-2H3,(H,33,34). The predicted molar refractivity (Wildman–Crippen MR) is 134 cm³/mol. The van der Waals surface area contributed by atoms with Crippen molar-refractivity contribution in [2.75, 3.05) is 0 Å². The lowest BCUT2D eigenvalue weighted by molar-refractivity contribution is -0.132. The molecule has 166 valence electrons. The van der Waals surface area contributed by atoms with Crippen molar-refractivity contribution in [3.05, 3.63) is 101 Å². The minimum atomic E-state index is -1.21. The van der Waals surface area contributed by atoms with Gasteiger partial charge in [0.25, 0.3) is 0 Å². The third-order valence-electron chi connectivity index (χ3n) is 6.34. The number of fused-ring (bicyclic) bond motifs is 2. The first kappa shape index (κ1) is 21.4. The van der Waals surface area contributed by atoms with E-state index in [9.17, 15) is 14.7 Å². The first-order valence-electron chi connectivity index (χ1n) is 10.9. The first-order chi connectivity index (χ1) is 16.3. The van der Waals surface area contributed by atoms with E-state index >= 15 is 0 Å². The lowest BCUT2D eigenvalue weighted by Gasteiger charge is -2.30. The number of rotatable bonds is 3. The summed E-state index contributed by atoms with van der Waals surface area (Å²) in [5.74, 6) is 0.669. The number of para-hydroxylation sites is 1. The molecule has 0 amide bonds. The molecule has 5 heteroatoms. The van der Waals surface area contributed by atoms with E-state index in [4.69, 9.17) is 5.73 Å². The van der Waals surface area contributed by atoms with Crippen molar-refractivity contribution in [2.45, 2.75) is 13.8 Å². The normalized spacial score (nSPS) is 15.4. The minimum Gasteiger partial charge on any atom is -0.478 e. The van der Waals surface area contributed by atoms with Crippen LogP contribution in [0.25, 0.3) is 38.4 Å². The van der Waals surface area contributed by atoms with E-state index in [0.29, 0.717) is 16.8 Å². The van der Waals surface area contributed by atoms with Gasteiger partial charge in [-0.15, -0.1) is 0 Å². The molecule has 1 aliphatic carbocycles. The fraction of sp³-hybridized carbons (Fsp3) is 0.103. The first-order valence-corrected chi connectivity index (χ1v) is 10.9. The number of nitrogens with zero attached hydrogens (tertiary/aromatic N) is 1. The molecule has 5 nitrogen and oxygen atoms in total. The molecule has 3 N–H and O–H groups in total. The van der Waals surface area contributed by atoms with Gasteiger partial charge >= 0.3 is 5.97 Å². The zero-order chi connectivity index (χ0) is 24.0. The van der Waals surface area contributed by atoms with Crippen LogP contribution >= 0.6 is 0 Å². The summed E-state index contributed by atoms with van der Waals surface area (Å²) in [6.45, 7) is 3.52. The predicted octanol–water partition coefficient (Wildman–Crippen LogP) is 5.53. The van der Waals surface area contributed by atoms with E-state index in [1.165, 1.54) is 0 Å². The lowest BCUT2D eigenvalue weighted by atomic mass is 9.72. The van der Waals surface area contributed by atoms with E-state index < -0.39 is 11.4 Å². The van der Waals surface area contributed by atoms with Crippen molar-refractivity contribution < 1.29 is 14.7 Å². The smallest absolute Gasteiger partial charge is 0.337 e. The maximum atomic E-state index is 12.4. The zero-order valence-corrected chi connectivity index (χ0v) is 18.8. The highest BCUT2D eigenvalue weighted by Gasteiger charge is 2.37. The number of hydrogen-bond donors (Lipinski definition) is 2. The summed E-state index contributed by atoms with van der Waals surface area (Å²) >= 11 is 0. The number of carbonyl (C=O) groups is 1. The Kier molecular flexibility index (Phi) is 4.93. The number of allylic oxidation sites excluding steroid dienone is 2. The van der Waals surface area contributed by atoms with Gasteiger partial charge in [-0.1, -0.05) is 68.4 Å². The Labute approximate surface area is 196 Å². The molecule has 0 saturated carbocycles. The van der Waals surface area contributed by atoms with Crippen molar-refractivity contribution in [2.24, 2.45) is 11.1 Å². The molecule has 0 fully saturated rings. The average Bonchev–Trinajstić information content (AvgIpc) is 2.82. The third-order valence-corrected chi connectivity index (χ3v) is 6.34. The number of carbonyl (C=O) groups excluding carboxylic acids is 1. The number of nitrogens with two attached hydrogens (primary N) is 1. The van der Waals surface area contributed by atoms with Gasteiger partial charge in [0.05, 0.1) is 16.7 Å². The molecule has 0 aliphatic heterocycles. The highest BCUT2D eigenvalue weighted by molar-refractivity contribution is 6.14. The molecule has 1 heterocycles. The highest BCUT2D eigenvalue weighted by Crippen LogP contribution is 2.45. The van der Waals surface area contributed by atoms with Gasteiger partial charge in [0.1, 0.15) is 5.94 Å². The van der Waals surface area contributed by atoms with Gasteiger partial charge in [-0.25, -0.2) is 9.59 Å². The summed E-state index contributed by atoms with van der Waals surface area (Å²) in [5.41, 5.74) is 9.58. The number of aliphatic carboxylic acids is 1. The monoisotopic (exact) mass is 446 g/mol. The molecule has 0 bridgehead atoms. The third kappa shape index (κ3) is 3.31. The second kappa shape index (κ2) is 7.84. The quantitative estimate of drug-likeness (QED) is 0.404. The molecule has 0 radical (unpaired) electrons. The van der Waals surface area contributed by atoms with Crippen LogP contribution in [0.4, 0.5) is 0 Å². The number of pyridine rings is 1. The van der Waals surface area contributed by atoms with Crippen LogP contribution in [-0.4, -0.2) is 22.0 Å². The van der Waals surface area contributed by atoms with Crippen LogP contribution < -0.4 is 5.73 Å². The van der Waals surface area contributed by atoms with Crippen LogP contribution in [0, 0.1) is 5.41 Å². The number of carboxylic acid groups (broad SMARTS) is 1. The number of hydrogen-bond acceptors (Lipinski definition) is 4. The number of benzene rings is 3. The second-order valence-electron chi connectivity index (χ2n) is 8.98. The van der Waals surface area contributed by atoms with E-state index in [-0.39, 0.29) is 11.1 Å². The van der Waals surface area contributed by atoms with E-state index in [2.05, 4.69) is 11.1 Å². The number of carboxylic acids is 1. The molecule has 0 spiro atoms. The van der Waals surface area contributed by atoms with Crippen molar-refractivity contribution in [3.8, 4) is 11.1 Å². The molecule has 4 aromatic rings. The Bertz CT molecular complexity index is 1610. The summed E-state index contributed by atoms with van der Waals surface area (Å²) in [6.07, 6.45) is 3.55. The maximum absolute atomic E-state index is 12.4. The Morgan fingerprint density at radius 3 is 2.35 bits per heavy atom. The summed E-state index contributed by atoms with van der Waals surface area (Å²) in [5, 5.41) is 12.9. The van der Waals surface area contributed by atoms with Crippen LogP contribution in [0.15, 0.2) is 95.8 Å². The Balaban J connectivity index is 1.88. The summed E-state index contributed by atoms with van der Waals surface area (Å²) in [4.78, 5) is 29.0. The molecule has 0 saturated heterocycles. The van der Waals surface area contributed by atoms with Crippen LogP contribution in [0.2, 0.25) is 0 Å². The van der Waals surface area contributed by atoms with Crippen LogP contribution in [0.1, 0.15) is 19.4 Å². The molecule has 5 rings (SSSR count). The molecule has 34 heavy (non-hydrogen) atoms. The topological polar surface area (TPSA) is 93.3 Å². The van der Waals surface area contributed by atoms with E-state index in [1.807, 2.05) is 72.8 Å². The highest BCUT2D eigenvalue weighted by atomic mass is 16.4. The Morgan fingerprint density at radius 2 is 1.65 bits per heavy atom. The van der Waals surface area contributed by atoms with Crippen LogP contribution in [0.3, 0.4) is 0 Å². The number of aromatic nitrogens is 1. The molecule has 1 aliphatic rings. The van der Waals surface area contributed by atoms with Crippen molar-refractivity contribution in [3.63, 3.8) is 0 Å². The fourth-order valence-corrected chi connectivity index (χ4v) is 4.82. The summed E-state index contributed by atoms with van der Waals surface area (Å²) in [7, 11) is 0. The van der Waals surface area contributed by atoms with Crippen molar-refractivity contribution >= 4 is 39.2 Å². The minimum absolute atomic E-state index is 0.0751. The largest absolute Gasteiger partial charge is 0.478 e. The Morgan fingerprint density at radius 1 is 0.971 bits per heavy atom. The van der Waals surface area contributed by atoms with E-state index in [1.54, 1.807) is 19.9 Å². The molecular formula is C29H22N2O3. The van der Waals surface area contributed by atoms with E-state index in [0.717, 1.165) is 32.8 Å². The average molecular weight is 447 g/mol. The molecule has 1 aromatic heterocycles. The van der Waals surface area contributed by atoms with Gasteiger partial charge in [-0.2, -0.15) is 0 Å². The second-order valence-corrected chi connectivity index (χ2v) is 8.98. The van der Waals surface area contributed by atoms with Gasteiger partial charge in [0.2, 0.25) is 0 Å². The van der Waals surface area contributed by atoms with Gasteiger partial charge < -0.3 is 10.8 Å². The molecule has 0 unspecified atom stereocenters. The molecule has 0 atom stereocenters. The van der Waals surface area contributed by atoms with Crippen LogP contribution in [-0.2, 0) is 9.59 Å². The molecule has 3 aromatic carbocycles. The van der Waals surface area contributed by atoms with Gasteiger partial charge in [0, 0.05) is 33.8 Å². The Hall–Kier alpha value is -4.47. The summed E-state index contributed by atoms with van der Waals surface area (Å²) < 4.78 is 0. The van der Waals surface area contributed by atoms with Gasteiger partial charge in [-0.05, 0) is 40.1 Å². The summed E-state index contributed by atoms with van der Waals surface area (Å²) in [6, 6.07) is 21.6.